The van der Waals surface area contributed by atoms with E-state index in [9.17, 15) is 0 Å². The lowest BCUT2D eigenvalue weighted by Crippen LogP contribution is -2.16. The van der Waals surface area contributed by atoms with Crippen molar-refractivity contribution < 1.29 is 0 Å². The van der Waals surface area contributed by atoms with Gasteiger partial charge in [0.2, 0.25) is 0 Å². The molecule has 2 heteroatoms. The lowest BCUT2D eigenvalue weighted by Gasteiger charge is -2.27. The van der Waals surface area contributed by atoms with Crippen LogP contribution in [0.1, 0.15) is 11.1 Å². The summed E-state index contributed by atoms with van der Waals surface area (Å²) in [5, 5.41) is 10.9. The summed E-state index contributed by atoms with van der Waals surface area (Å²) < 4.78 is 0. The van der Waals surface area contributed by atoms with Gasteiger partial charge in [-0.05, 0) is 80.9 Å². The summed E-state index contributed by atoms with van der Waals surface area (Å²) in [6.07, 6.45) is 1.95. The summed E-state index contributed by atoms with van der Waals surface area (Å²) in [6.45, 7) is 0. The molecule has 8 aromatic carbocycles. The second-order valence-electron chi connectivity index (χ2n) is 12.2. The third-order valence-electron chi connectivity index (χ3n) is 9.22. The van der Waals surface area contributed by atoms with Crippen molar-refractivity contribution in [2.45, 2.75) is 12.3 Å². The van der Waals surface area contributed by atoms with Crippen LogP contribution in [-0.4, -0.2) is 0 Å². The maximum absolute atomic E-state index is 2.52. The molecule has 0 amide bonds. The summed E-state index contributed by atoms with van der Waals surface area (Å²) in [4.78, 5) is 0. The second-order valence-corrected chi connectivity index (χ2v) is 16.6. The van der Waals surface area contributed by atoms with E-state index in [1.807, 2.05) is 0 Å². The SMILES string of the molecule is c1ccc(P(Cc2cc3ccccc3c(-c3cccc4ccccc34)c2CP(c2ccccc2)c2ccccc2)c2ccccc2)cc1. The Morgan fingerprint density at radius 2 is 0.750 bits per heavy atom. The molecular formula is C46H36P2. The van der Waals surface area contributed by atoms with E-state index in [1.165, 1.54) is 65.0 Å². The highest BCUT2D eigenvalue weighted by Crippen LogP contribution is 2.48. The Labute approximate surface area is 286 Å². The summed E-state index contributed by atoms with van der Waals surface area (Å²) in [5.41, 5.74) is 5.63. The van der Waals surface area contributed by atoms with Gasteiger partial charge in [-0.3, -0.25) is 0 Å². The fraction of sp³-hybridized carbons (Fsp3) is 0.0435. The predicted molar refractivity (Wildman–Crippen MR) is 212 cm³/mol. The van der Waals surface area contributed by atoms with E-state index in [2.05, 4.69) is 194 Å². The highest BCUT2D eigenvalue weighted by molar-refractivity contribution is 7.72. The molecule has 0 saturated carbocycles. The van der Waals surface area contributed by atoms with Crippen LogP contribution in [0.3, 0.4) is 0 Å². The van der Waals surface area contributed by atoms with Gasteiger partial charge in [0.1, 0.15) is 0 Å². The Balaban J connectivity index is 1.42. The summed E-state index contributed by atoms with van der Waals surface area (Å²) in [5.74, 6) is 0. The molecular weight excluding hydrogens is 614 g/mol. The third-order valence-corrected chi connectivity index (χ3v) is 14.2. The van der Waals surface area contributed by atoms with Gasteiger partial charge in [-0.2, -0.15) is 0 Å². The fourth-order valence-electron chi connectivity index (χ4n) is 6.94. The van der Waals surface area contributed by atoms with E-state index in [-0.39, 0.29) is 0 Å². The van der Waals surface area contributed by atoms with Gasteiger partial charge in [0.25, 0.3) is 0 Å². The minimum Gasteiger partial charge on any atom is -0.0622 e. The Morgan fingerprint density at radius 1 is 0.333 bits per heavy atom. The Bertz CT molecular complexity index is 2200. The van der Waals surface area contributed by atoms with E-state index >= 15 is 0 Å². The molecule has 0 nitrogen and oxygen atoms in total. The van der Waals surface area contributed by atoms with Crippen LogP contribution in [-0.2, 0) is 12.3 Å². The quantitative estimate of drug-likeness (QED) is 0.136. The molecule has 230 valence electrons. The van der Waals surface area contributed by atoms with Gasteiger partial charge in [-0.25, -0.2) is 0 Å². The first-order valence-corrected chi connectivity index (χ1v) is 19.7. The van der Waals surface area contributed by atoms with Crippen molar-refractivity contribution in [3.63, 3.8) is 0 Å². The van der Waals surface area contributed by atoms with Crippen LogP contribution in [0, 0.1) is 0 Å². The standard InChI is InChI=1S/C46H36P2/c1-5-21-38(22-6-1)47(39-23-7-2-8-24-39)33-37-32-36-19-14-16-30-43(36)46(44-31-17-20-35-18-13-15-29-42(35)44)45(37)34-48(40-25-9-3-10-26-40)41-27-11-4-12-28-41/h1-32H,33-34H2. The summed E-state index contributed by atoms with van der Waals surface area (Å²) >= 11 is 0. The lowest BCUT2D eigenvalue weighted by atomic mass is 9.88. The van der Waals surface area contributed by atoms with E-state index in [4.69, 9.17) is 0 Å². The third kappa shape index (κ3) is 6.23. The van der Waals surface area contributed by atoms with Crippen LogP contribution < -0.4 is 21.2 Å². The van der Waals surface area contributed by atoms with Gasteiger partial charge in [-0.1, -0.05) is 194 Å². The molecule has 0 aliphatic heterocycles. The zero-order valence-electron chi connectivity index (χ0n) is 26.8. The number of rotatable bonds is 9. The molecule has 0 N–H and O–H groups in total. The van der Waals surface area contributed by atoms with Gasteiger partial charge in [0, 0.05) is 12.3 Å². The van der Waals surface area contributed by atoms with Crippen LogP contribution in [0.5, 0.6) is 0 Å². The normalized spacial score (nSPS) is 11.5. The largest absolute Gasteiger partial charge is 0.0622 e. The van der Waals surface area contributed by atoms with Crippen molar-refractivity contribution in [2.75, 3.05) is 0 Å². The maximum Gasteiger partial charge on any atom is 0.00167 e. The van der Waals surface area contributed by atoms with Gasteiger partial charge in [0.05, 0.1) is 0 Å². The molecule has 0 aliphatic carbocycles. The lowest BCUT2D eigenvalue weighted by molar-refractivity contribution is 1.29. The minimum absolute atomic E-state index is 0.641. The van der Waals surface area contributed by atoms with Gasteiger partial charge < -0.3 is 0 Å². The highest BCUT2D eigenvalue weighted by Gasteiger charge is 2.25. The minimum atomic E-state index is -0.675. The smallest absolute Gasteiger partial charge is 0.00167 e. The molecule has 0 aromatic heterocycles. The van der Waals surface area contributed by atoms with Crippen molar-refractivity contribution in [3.05, 3.63) is 205 Å². The zero-order chi connectivity index (χ0) is 32.1. The Hall–Kier alpha value is -4.86. The number of fused-ring (bicyclic) bond motifs is 2. The van der Waals surface area contributed by atoms with E-state index in [0.29, 0.717) is 0 Å². The van der Waals surface area contributed by atoms with Crippen molar-refractivity contribution in [2.24, 2.45) is 0 Å². The number of benzene rings is 8. The molecule has 0 bridgehead atoms. The Kier molecular flexibility index (Phi) is 8.95. The van der Waals surface area contributed by atoms with E-state index in [1.54, 1.807) is 0 Å². The van der Waals surface area contributed by atoms with Crippen molar-refractivity contribution in [1.29, 1.82) is 0 Å². The first-order valence-electron chi connectivity index (χ1n) is 16.6. The molecule has 0 unspecified atom stereocenters. The molecule has 0 aliphatic rings. The molecule has 0 heterocycles. The molecule has 0 saturated heterocycles. The first-order chi connectivity index (χ1) is 23.8. The fourth-order valence-corrected chi connectivity index (χ4v) is 11.7. The molecule has 0 spiro atoms. The summed E-state index contributed by atoms with van der Waals surface area (Å²) in [6, 6.07) is 72.0. The van der Waals surface area contributed by atoms with Gasteiger partial charge in [0.15, 0.2) is 0 Å². The number of hydrogen-bond acceptors (Lipinski definition) is 0. The molecule has 48 heavy (non-hydrogen) atoms. The van der Waals surface area contributed by atoms with Crippen LogP contribution in [0.4, 0.5) is 0 Å². The first kappa shape index (κ1) is 30.5. The molecule has 0 atom stereocenters. The topological polar surface area (TPSA) is 0 Å². The highest BCUT2D eigenvalue weighted by atomic mass is 31.1. The second kappa shape index (κ2) is 14.1. The average Bonchev–Trinajstić information content (AvgIpc) is 3.17. The maximum atomic E-state index is 2.52. The zero-order valence-corrected chi connectivity index (χ0v) is 28.6. The Morgan fingerprint density at radius 3 is 1.29 bits per heavy atom. The molecule has 0 radical (unpaired) electrons. The predicted octanol–water partition coefficient (Wildman–Crippen LogP) is 10.9. The van der Waals surface area contributed by atoms with Crippen LogP contribution in [0.25, 0.3) is 32.7 Å². The molecule has 8 aromatic rings. The van der Waals surface area contributed by atoms with Gasteiger partial charge in [-0.15, -0.1) is 0 Å². The summed E-state index contributed by atoms with van der Waals surface area (Å²) in [7, 11) is -1.32. The van der Waals surface area contributed by atoms with Crippen molar-refractivity contribution in [3.8, 4) is 11.1 Å². The van der Waals surface area contributed by atoms with E-state index < -0.39 is 15.8 Å². The molecule has 8 rings (SSSR count). The van der Waals surface area contributed by atoms with Crippen molar-refractivity contribution in [1.82, 2.24) is 0 Å². The number of hydrogen-bond donors (Lipinski definition) is 0. The molecule has 0 fully saturated rings. The van der Waals surface area contributed by atoms with Gasteiger partial charge >= 0.3 is 0 Å². The van der Waals surface area contributed by atoms with Crippen LogP contribution >= 0.6 is 15.8 Å². The van der Waals surface area contributed by atoms with Crippen LogP contribution in [0.2, 0.25) is 0 Å². The average molecular weight is 651 g/mol. The van der Waals surface area contributed by atoms with Crippen molar-refractivity contribution >= 4 is 58.6 Å². The monoisotopic (exact) mass is 650 g/mol. The van der Waals surface area contributed by atoms with Crippen LogP contribution in [0.15, 0.2) is 194 Å². The van der Waals surface area contributed by atoms with E-state index in [0.717, 1.165) is 12.3 Å².